The molecular weight excluding hydrogens is 313 g/mol. The molecular formula is C14H17F3N4S. The van der Waals surface area contributed by atoms with Crippen molar-refractivity contribution in [3.8, 4) is 0 Å². The molecule has 2 aromatic heterocycles. The molecule has 0 spiro atoms. The Balaban J connectivity index is 2.22. The zero-order valence-electron chi connectivity index (χ0n) is 12.5. The molecule has 1 unspecified atom stereocenters. The first-order chi connectivity index (χ1) is 10.3. The average Bonchev–Trinajstić information content (AvgIpc) is 2.93. The highest BCUT2D eigenvalue weighted by molar-refractivity contribution is 7.09. The van der Waals surface area contributed by atoms with Crippen molar-refractivity contribution in [2.24, 2.45) is 0 Å². The van der Waals surface area contributed by atoms with Gasteiger partial charge in [-0.15, -0.1) is 11.3 Å². The minimum Gasteiger partial charge on any atom is -0.361 e. The molecule has 0 aliphatic heterocycles. The van der Waals surface area contributed by atoms with Crippen LogP contribution in [0.4, 0.5) is 19.0 Å². The van der Waals surface area contributed by atoms with Gasteiger partial charge in [0.25, 0.3) is 0 Å². The molecule has 1 N–H and O–H groups in total. The molecule has 0 radical (unpaired) electrons. The summed E-state index contributed by atoms with van der Waals surface area (Å²) in [7, 11) is 0. The van der Waals surface area contributed by atoms with Crippen LogP contribution in [0.2, 0.25) is 0 Å². The standard InChI is InChI=1S/C14H17F3N4S/c1-4-9-6-12(19-8(3)18-9)20-10(5-2)13-21-11(7-22-13)14(15,16)17/h6-7,10H,4-5H2,1-3H3,(H,18,19,20). The highest BCUT2D eigenvalue weighted by atomic mass is 32.1. The van der Waals surface area contributed by atoms with E-state index < -0.39 is 11.9 Å². The van der Waals surface area contributed by atoms with E-state index in [1.165, 1.54) is 0 Å². The molecule has 0 bridgehead atoms. The molecule has 22 heavy (non-hydrogen) atoms. The lowest BCUT2D eigenvalue weighted by Crippen LogP contribution is -2.13. The second-order valence-electron chi connectivity index (χ2n) is 4.82. The molecule has 8 heteroatoms. The third-order valence-corrected chi connectivity index (χ3v) is 4.05. The van der Waals surface area contributed by atoms with Gasteiger partial charge in [-0.1, -0.05) is 13.8 Å². The maximum absolute atomic E-state index is 12.7. The van der Waals surface area contributed by atoms with Crippen LogP contribution in [0.1, 0.15) is 48.5 Å². The molecule has 0 fully saturated rings. The highest BCUT2D eigenvalue weighted by Gasteiger charge is 2.34. The quantitative estimate of drug-likeness (QED) is 0.883. The summed E-state index contributed by atoms with van der Waals surface area (Å²) in [4.78, 5) is 12.3. The van der Waals surface area contributed by atoms with Gasteiger partial charge in [0, 0.05) is 17.1 Å². The van der Waals surface area contributed by atoms with Crippen molar-refractivity contribution in [2.45, 2.75) is 45.8 Å². The molecule has 2 aromatic rings. The van der Waals surface area contributed by atoms with Crippen LogP contribution in [0.3, 0.4) is 0 Å². The third-order valence-electron chi connectivity index (χ3n) is 3.09. The number of halogens is 3. The number of hydrogen-bond acceptors (Lipinski definition) is 5. The molecule has 4 nitrogen and oxygen atoms in total. The first-order valence-electron chi connectivity index (χ1n) is 6.97. The Morgan fingerprint density at radius 2 is 1.95 bits per heavy atom. The lowest BCUT2D eigenvalue weighted by atomic mass is 10.2. The van der Waals surface area contributed by atoms with E-state index in [-0.39, 0.29) is 6.04 Å². The van der Waals surface area contributed by atoms with Crippen molar-refractivity contribution in [3.05, 3.63) is 33.7 Å². The second-order valence-corrected chi connectivity index (χ2v) is 5.71. The van der Waals surface area contributed by atoms with Gasteiger partial charge in [0.05, 0.1) is 6.04 Å². The van der Waals surface area contributed by atoms with Gasteiger partial charge < -0.3 is 5.32 Å². The maximum Gasteiger partial charge on any atom is 0.434 e. The molecule has 0 aliphatic rings. The molecule has 1 atom stereocenters. The van der Waals surface area contributed by atoms with Crippen LogP contribution in [0.5, 0.6) is 0 Å². The van der Waals surface area contributed by atoms with Gasteiger partial charge in [-0.3, -0.25) is 0 Å². The number of anilines is 1. The van der Waals surface area contributed by atoms with Crippen LogP contribution < -0.4 is 5.32 Å². The summed E-state index contributed by atoms with van der Waals surface area (Å²) in [5, 5.41) is 4.61. The lowest BCUT2D eigenvalue weighted by Gasteiger charge is -2.16. The monoisotopic (exact) mass is 330 g/mol. The Hall–Kier alpha value is -1.70. The van der Waals surface area contributed by atoms with Crippen LogP contribution in [0.25, 0.3) is 0 Å². The number of nitrogens with one attached hydrogen (secondary N) is 1. The minimum atomic E-state index is -4.41. The Morgan fingerprint density at radius 1 is 1.23 bits per heavy atom. The first-order valence-corrected chi connectivity index (χ1v) is 7.85. The zero-order chi connectivity index (χ0) is 16.3. The van der Waals surface area contributed by atoms with Crippen LogP contribution in [-0.4, -0.2) is 15.0 Å². The fourth-order valence-corrected chi connectivity index (χ4v) is 2.94. The van der Waals surface area contributed by atoms with Gasteiger partial charge >= 0.3 is 6.18 Å². The molecule has 0 amide bonds. The molecule has 0 saturated carbocycles. The van der Waals surface area contributed by atoms with Crippen LogP contribution in [0.15, 0.2) is 11.4 Å². The number of hydrogen-bond donors (Lipinski definition) is 1. The van der Waals surface area contributed by atoms with E-state index in [0.29, 0.717) is 23.1 Å². The van der Waals surface area contributed by atoms with Crippen molar-refractivity contribution in [2.75, 3.05) is 5.32 Å². The Morgan fingerprint density at radius 3 is 2.50 bits per heavy atom. The van der Waals surface area contributed by atoms with E-state index in [1.54, 1.807) is 6.92 Å². The third kappa shape index (κ3) is 3.94. The highest BCUT2D eigenvalue weighted by Crippen LogP contribution is 2.33. The molecule has 2 rings (SSSR count). The summed E-state index contributed by atoms with van der Waals surface area (Å²) in [5.41, 5.74) is 0.0424. The molecule has 0 aromatic carbocycles. The van der Waals surface area contributed by atoms with E-state index in [4.69, 9.17) is 0 Å². The van der Waals surface area contributed by atoms with E-state index in [1.807, 2.05) is 19.9 Å². The van der Waals surface area contributed by atoms with Gasteiger partial charge in [-0.05, 0) is 19.8 Å². The van der Waals surface area contributed by atoms with Crippen LogP contribution >= 0.6 is 11.3 Å². The molecule has 0 saturated heterocycles. The van der Waals surface area contributed by atoms with E-state index >= 15 is 0 Å². The van der Waals surface area contributed by atoms with Gasteiger partial charge in [0.2, 0.25) is 0 Å². The van der Waals surface area contributed by atoms with Crippen LogP contribution in [0, 0.1) is 6.92 Å². The summed E-state index contributed by atoms with van der Waals surface area (Å²) in [6.45, 7) is 5.66. The van der Waals surface area contributed by atoms with E-state index in [2.05, 4.69) is 20.3 Å². The second kappa shape index (κ2) is 6.60. The first kappa shape index (κ1) is 16.7. The SMILES string of the molecule is CCc1cc(NC(CC)c2nc(C(F)(F)F)cs2)nc(C)n1. The zero-order valence-corrected chi connectivity index (χ0v) is 13.3. The fourth-order valence-electron chi connectivity index (χ4n) is 1.98. The molecule has 120 valence electrons. The van der Waals surface area contributed by atoms with Gasteiger partial charge in [0.1, 0.15) is 16.6 Å². The topological polar surface area (TPSA) is 50.7 Å². The lowest BCUT2D eigenvalue weighted by molar-refractivity contribution is -0.140. The molecule has 0 aliphatic carbocycles. The number of thiazole rings is 1. The van der Waals surface area contributed by atoms with Crippen molar-refractivity contribution >= 4 is 17.2 Å². The van der Waals surface area contributed by atoms with Gasteiger partial charge in [-0.25, -0.2) is 15.0 Å². The maximum atomic E-state index is 12.7. The van der Waals surface area contributed by atoms with Crippen molar-refractivity contribution in [3.63, 3.8) is 0 Å². The van der Waals surface area contributed by atoms with Crippen molar-refractivity contribution in [1.29, 1.82) is 0 Å². The minimum absolute atomic E-state index is 0.305. The van der Waals surface area contributed by atoms with Crippen molar-refractivity contribution in [1.82, 2.24) is 15.0 Å². The summed E-state index contributed by atoms with van der Waals surface area (Å²) in [6, 6.07) is 1.51. The largest absolute Gasteiger partial charge is 0.434 e. The van der Waals surface area contributed by atoms with Crippen molar-refractivity contribution < 1.29 is 13.2 Å². The summed E-state index contributed by atoms with van der Waals surface area (Å²) >= 11 is 1.01. The van der Waals surface area contributed by atoms with Crippen LogP contribution in [-0.2, 0) is 12.6 Å². The normalized spacial score (nSPS) is 13.2. The Labute approximate surface area is 130 Å². The van der Waals surface area contributed by atoms with Gasteiger partial charge in [-0.2, -0.15) is 13.2 Å². The number of nitrogens with zero attached hydrogens (tertiary/aromatic N) is 3. The number of aryl methyl sites for hydroxylation is 2. The average molecular weight is 330 g/mol. The Bertz CT molecular complexity index is 639. The number of rotatable bonds is 5. The van der Waals surface area contributed by atoms with Gasteiger partial charge in [0.15, 0.2) is 5.69 Å². The van der Waals surface area contributed by atoms with E-state index in [9.17, 15) is 13.2 Å². The predicted molar refractivity (Wildman–Crippen MR) is 79.9 cm³/mol. The number of aromatic nitrogens is 3. The predicted octanol–water partition coefficient (Wildman–Crippen LogP) is 4.39. The fraction of sp³-hybridized carbons (Fsp3) is 0.500. The van der Waals surface area contributed by atoms with E-state index in [0.717, 1.165) is 28.8 Å². The summed E-state index contributed by atoms with van der Waals surface area (Å²) in [6.07, 6.45) is -3.03. The molecule has 2 heterocycles. The summed E-state index contributed by atoms with van der Waals surface area (Å²) < 4.78 is 38.0. The summed E-state index contributed by atoms with van der Waals surface area (Å²) in [5.74, 6) is 1.24. The number of alkyl halides is 3. The Kier molecular flexibility index (Phi) is 5.00. The smallest absolute Gasteiger partial charge is 0.361 e.